The monoisotopic (exact) mass is 311 g/mol. The van der Waals surface area contributed by atoms with Gasteiger partial charge in [0.2, 0.25) is 0 Å². The van der Waals surface area contributed by atoms with Gasteiger partial charge >= 0.3 is 0 Å². The number of rotatable bonds is 6. The van der Waals surface area contributed by atoms with Crippen LogP contribution in [0, 0.1) is 6.92 Å². The van der Waals surface area contributed by atoms with Crippen molar-refractivity contribution in [3.05, 3.63) is 72.2 Å². The third kappa shape index (κ3) is 3.36. The van der Waals surface area contributed by atoms with E-state index in [1.165, 1.54) is 0 Å². The molecule has 0 saturated carbocycles. The Morgan fingerprint density at radius 2 is 2.04 bits per heavy atom. The van der Waals surface area contributed by atoms with Crippen LogP contribution < -0.4 is 5.32 Å². The Kier molecular flexibility index (Phi) is 4.60. The van der Waals surface area contributed by atoms with Crippen LogP contribution in [-0.4, -0.2) is 21.3 Å². The van der Waals surface area contributed by atoms with Crippen molar-refractivity contribution in [2.45, 2.75) is 25.9 Å². The van der Waals surface area contributed by atoms with E-state index in [9.17, 15) is 5.11 Å². The molecule has 0 aliphatic rings. The van der Waals surface area contributed by atoms with Gasteiger partial charge in [0.05, 0.1) is 18.9 Å². The first-order valence-corrected chi connectivity index (χ1v) is 7.69. The molecule has 2 N–H and O–H groups in total. The van der Waals surface area contributed by atoms with Gasteiger partial charge in [0.25, 0.3) is 0 Å². The molecule has 5 nitrogen and oxygen atoms in total. The number of nitrogens with one attached hydrogen (secondary N) is 1. The number of aliphatic hydroxyl groups is 1. The maximum atomic E-state index is 9.56. The molecule has 0 aliphatic carbocycles. The van der Waals surface area contributed by atoms with Crippen LogP contribution in [0.3, 0.4) is 0 Å². The summed E-state index contributed by atoms with van der Waals surface area (Å²) in [7, 11) is 0. The molecule has 3 rings (SSSR count). The van der Waals surface area contributed by atoms with Gasteiger partial charge in [-0.05, 0) is 43.7 Å². The second kappa shape index (κ2) is 6.81. The van der Waals surface area contributed by atoms with E-state index in [1.54, 1.807) is 12.5 Å². The molecule has 0 bridgehead atoms. The Labute approximate surface area is 135 Å². The normalized spacial score (nSPS) is 13.9. The molecule has 2 unspecified atom stereocenters. The summed E-state index contributed by atoms with van der Waals surface area (Å²) in [5, 5.41) is 12.9. The lowest BCUT2D eigenvalue weighted by atomic mass is 10.1. The lowest BCUT2D eigenvalue weighted by Gasteiger charge is -2.21. The highest BCUT2D eigenvalue weighted by Gasteiger charge is 2.16. The van der Waals surface area contributed by atoms with Gasteiger partial charge in [0.1, 0.15) is 11.6 Å². The minimum Gasteiger partial charge on any atom is -0.468 e. The van der Waals surface area contributed by atoms with Gasteiger partial charge in [-0.15, -0.1) is 0 Å². The van der Waals surface area contributed by atoms with Gasteiger partial charge in [-0.25, -0.2) is 4.98 Å². The zero-order valence-corrected chi connectivity index (χ0v) is 13.3. The number of imidazole rings is 1. The first-order valence-electron chi connectivity index (χ1n) is 7.69. The topological polar surface area (TPSA) is 63.2 Å². The number of aromatic nitrogens is 2. The standard InChI is InChI=1S/C18H21N3O2/c1-13(20-17(12-22)18-4-3-11-23-18)15-5-7-16(8-6-15)21-10-9-19-14(21)2/h3-11,13,17,20,22H,12H2,1-2H3. The van der Waals surface area contributed by atoms with E-state index in [1.807, 2.05) is 29.8 Å². The Hall–Kier alpha value is -2.37. The van der Waals surface area contributed by atoms with Gasteiger partial charge < -0.3 is 14.1 Å². The van der Waals surface area contributed by atoms with Crippen LogP contribution in [0.1, 0.15) is 36.2 Å². The van der Waals surface area contributed by atoms with Crippen molar-refractivity contribution in [3.8, 4) is 5.69 Å². The molecule has 5 heteroatoms. The van der Waals surface area contributed by atoms with Crippen molar-refractivity contribution in [3.63, 3.8) is 0 Å². The minimum absolute atomic E-state index is 0.00975. The number of benzene rings is 1. The molecule has 0 fully saturated rings. The van der Waals surface area contributed by atoms with E-state index in [4.69, 9.17) is 4.42 Å². The molecule has 0 spiro atoms. The highest BCUT2D eigenvalue weighted by molar-refractivity contribution is 5.36. The van der Waals surface area contributed by atoms with Crippen LogP contribution in [0.4, 0.5) is 0 Å². The predicted molar refractivity (Wildman–Crippen MR) is 88.4 cm³/mol. The van der Waals surface area contributed by atoms with Gasteiger partial charge in [-0.1, -0.05) is 12.1 Å². The largest absolute Gasteiger partial charge is 0.468 e. The summed E-state index contributed by atoms with van der Waals surface area (Å²) in [5.74, 6) is 1.70. The lowest BCUT2D eigenvalue weighted by molar-refractivity contribution is 0.217. The summed E-state index contributed by atoms with van der Waals surface area (Å²) in [5.41, 5.74) is 2.23. The second-order valence-electron chi connectivity index (χ2n) is 5.57. The Balaban J connectivity index is 1.73. The summed E-state index contributed by atoms with van der Waals surface area (Å²) < 4.78 is 7.41. The van der Waals surface area contributed by atoms with Crippen LogP contribution in [0.5, 0.6) is 0 Å². The highest BCUT2D eigenvalue weighted by Crippen LogP contribution is 2.21. The zero-order valence-electron chi connectivity index (χ0n) is 13.3. The molecule has 0 saturated heterocycles. The van der Waals surface area contributed by atoms with Crippen molar-refractivity contribution < 1.29 is 9.52 Å². The van der Waals surface area contributed by atoms with Gasteiger partial charge in [0.15, 0.2) is 0 Å². The molecule has 1 aromatic carbocycles. The molecule has 23 heavy (non-hydrogen) atoms. The van der Waals surface area contributed by atoms with Gasteiger partial charge in [-0.3, -0.25) is 5.32 Å². The highest BCUT2D eigenvalue weighted by atomic mass is 16.3. The summed E-state index contributed by atoms with van der Waals surface area (Å²) in [4.78, 5) is 4.24. The number of nitrogens with zero attached hydrogens (tertiary/aromatic N) is 2. The number of aliphatic hydroxyl groups excluding tert-OH is 1. The molecule has 0 amide bonds. The third-order valence-electron chi connectivity index (χ3n) is 4.02. The Morgan fingerprint density at radius 3 is 2.61 bits per heavy atom. The van der Waals surface area contributed by atoms with Crippen LogP contribution in [-0.2, 0) is 0 Å². The molecule has 3 aromatic rings. The molecular formula is C18H21N3O2. The SMILES string of the molecule is Cc1nccn1-c1ccc(C(C)NC(CO)c2ccco2)cc1. The van der Waals surface area contributed by atoms with Crippen molar-refractivity contribution in [1.82, 2.24) is 14.9 Å². The second-order valence-corrected chi connectivity index (χ2v) is 5.57. The van der Waals surface area contributed by atoms with Crippen LogP contribution in [0.15, 0.2) is 59.5 Å². The number of aryl methyl sites for hydroxylation is 1. The van der Waals surface area contributed by atoms with Crippen molar-refractivity contribution >= 4 is 0 Å². The Morgan fingerprint density at radius 1 is 1.26 bits per heavy atom. The third-order valence-corrected chi connectivity index (χ3v) is 4.02. The van der Waals surface area contributed by atoms with Crippen molar-refractivity contribution in [2.75, 3.05) is 6.61 Å². The van der Waals surface area contributed by atoms with E-state index in [0.717, 1.165) is 22.8 Å². The van der Waals surface area contributed by atoms with E-state index in [0.29, 0.717) is 0 Å². The van der Waals surface area contributed by atoms with Crippen LogP contribution in [0.2, 0.25) is 0 Å². The van der Waals surface area contributed by atoms with E-state index in [2.05, 4.69) is 41.5 Å². The van der Waals surface area contributed by atoms with E-state index < -0.39 is 0 Å². The zero-order chi connectivity index (χ0) is 16.2. The number of hydrogen-bond acceptors (Lipinski definition) is 4. The molecule has 2 heterocycles. The average Bonchev–Trinajstić information content (AvgIpc) is 3.24. The van der Waals surface area contributed by atoms with Crippen LogP contribution >= 0.6 is 0 Å². The Bertz CT molecular complexity index is 732. The number of hydrogen-bond donors (Lipinski definition) is 2. The molecule has 2 aromatic heterocycles. The first kappa shape index (κ1) is 15.5. The van der Waals surface area contributed by atoms with E-state index in [-0.39, 0.29) is 18.7 Å². The van der Waals surface area contributed by atoms with Crippen molar-refractivity contribution in [2.24, 2.45) is 0 Å². The fourth-order valence-electron chi connectivity index (χ4n) is 2.69. The lowest BCUT2D eigenvalue weighted by Crippen LogP contribution is -2.27. The van der Waals surface area contributed by atoms with E-state index >= 15 is 0 Å². The van der Waals surface area contributed by atoms with Gasteiger partial charge in [0, 0.05) is 24.1 Å². The molecule has 0 radical (unpaired) electrons. The van der Waals surface area contributed by atoms with Crippen LogP contribution in [0.25, 0.3) is 5.69 Å². The fraction of sp³-hybridized carbons (Fsp3) is 0.278. The maximum Gasteiger partial charge on any atom is 0.123 e. The molecule has 2 atom stereocenters. The maximum absolute atomic E-state index is 9.56. The predicted octanol–water partition coefficient (Wildman–Crippen LogP) is 3.16. The van der Waals surface area contributed by atoms with Gasteiger partial charge in [-0.2, -0.15) is 0 Å². The quantitative estimate of drug-likeness (QED) is 0.734. The molecule has 120 valence electrons. The summed E-state index contributed by atoms with van der Waals surface area (Å²) >= 11 is 0. The number of furan rings is 1. The minimum atomic E-state index is -0.212. The molecule has 0 aliphatic heterocycles. The summed E-state index contributed by atoms with van der Waals surface area (Å²) in [6.45, 7) is 4.04. The fourth-order valence-corrected chi connectivity index (χ4v) is 2.69. The first-order chi connectivity index (χ1) is 11.2. The summed E-state index contributed by atoms with van der Waals surface area (Å²) in [6, 6.07) is 11.9. The van der Waals surface area contributed by atoms with Crippen molar-refractivity contribution in [1.29, 1.82) is 0 Å². The summed E-state index contributed by atoms with van der Waals surface area (Å²) in [6.07, 6.45) is 5.36. The smallest absolute Gasteiger partial charge is 0.123 e. The average molecular weight is 311 g/mol. The molecular weight excluding hydrogens is 290 g/mol.